The van der Waals surface area contributed by atoms with E-state index in [1.807, 2.05) is 18.2 Å². The summed E-state index contributed by atoms with van der Waals surface area (Å²) in [5, 5.41) is 10.1. The molecule has 0 aliphatic carbocycles. The molecule has 5 heteroatoms. The first-order chi connectivity index (χ1) is 9.36. The van der Waals surface area contributed by atoms with E-state index in [1.165, 1.54) is 6.07 Å². The van der Waals surface area contributed by atoms with Gasteiger partial charge in [-0.15, -0.1) is 0 Å². The van der Waals surface area contributed by atoms with Gasteiger partial charge in [-0.3, -0.25) is 0 Å². The zero-order valence-corrected chi connectivity index (χ0v) is 12.5. The molecular formula is C15H12F3IO. The summed E-state index contributed by atoms with van der Waals surface area (Å²) < 4.78 is 38.8. The Labute approximate surface area is 128 Å². The van der Waals surface area contributed by atoms with Gasteiger partial charge in [-0.1, -0.05) is 30.3 Å². The van der Waals surface area contributed by atoms with E-state index in [0.717, 1.165) is 15.7 Å². The molecule has 0 spiro atoms. The van der Waals surface area contributed by atoms with Crippen molar-refractivity contribution in [3.05, 3.63) is 68.8 Å². The van der Waals surface area contributed by atoms with Gasteiger partial charge in [0.1, 0.15) is 0 Å². The summed E-state index contributed by atoms with van der Waals surface area (Å²) in [6.07, 6.45) is -5.01. The van der Waals surface area contributed by atoms with Crippen LogP contribution in [0.25, 0.3) is 0 Å². The van der Waals surface area contributed by atoms with E-state index in [2.05, 4.69) is 22.6 Å². The van der Waals surface area contributed by atoms with Gasteiger partial charge in [0.25, 0.3) is 0 Å². The number of hydrogen-bond acceptors (Lipinski definition) is 1. The van der Waals surface area contributed by atoms with E-state index < -0.39 is 17.8 Å². The zero-order chi connectivity index (χ0) is 14.8. The predicted molar refractivity (Wildman–Crippen MR) is 79.3 cm³/mol. The summed E-state index contributed by atoms with van der Waals surface area (Å²) >= 11 is 2.13. The Morgan fingerprint density at radius 2 is 1.75 bits per heavy atom. The highest BCUT2D eigenvalue weighted by Gasteiger charge is 2.30. The number of benzene rings is 2. The molecule has 2 aromatic carbocycles. The lowest BCUT2D eigenvalue weighted by molar-refractivity contribution is -0.137. The number of hydrogen-bond donors (Lipinski definition) is 1. The Morgan fingerprint density at radius 3 is 2.40 bits per heavy atom. The van der Waals surface area contributed by atoms with Gasteiger partial charge in [-0.05, 0) is 51.9 Å². The summed E-state index contributed by atoms with van der Waals surface area (Å²) in [7, 11) is 0. The molecule has 106 valence electrons. The molecule has 0 aliphatic rings. The average Bonchev–Trinajstić information content (AvgIpc) is 2.38. The molecule has 0 saturated carbocycles. The van der Waals surface area contributed by atoms with Crippen molar-refractivity contribution in [2.24, 2.45) is 0 Å². The molecule has 0 fully saturated rings. The topological polar surface area (TPSA) is 20.2 Å². The van der Waals surface area contributed by atoms with Crippen LogP contribution in [0.1, 0.15) is 22.8 Å². The summed E-state index contributed by atoms with van der Waals surface area (Å²) in [5.74, 6) is 0. The van der Waals surface area contributed by atoms with Crippen molar-refractivity contribution in [3.63, 3.8) is 0 Å². The monoisotopic (exact) mass is 392 g/mol. The first-order valence-electron chi connectivity index (χ1n) is 5.96. The zero-order valence-electron chi connectivity index (χ0n) is 10.4. The Kier molecular flexibility index (Phi) is 4.70. The van der Waals surface area contributed by atoms with Crippen LogP contribution in [0.5, 0.6) is 0 Å². The molecule has 0 saturated heterocycles. The molecule has 2 rings (SSSR count). The predicted octanol–water partition coefficient (Wildman–Crippen LogP) is 4.59. The van der Waals surface area contributed by atoms with Gasteiger partial charge in [0.05, 0.1) is 11.7 Å². The van der Waals surface area contributed by atoms with Gasteiger partial charge in [0.15, 0.2) is 0 Å². The van der Waals surface area contributed by atoms with Crippen LogP contribution in [-0.2, 0) is 12.6 Å². The molecule has 0 amide bonds. The fraction of sp³-hybridized carbons (Fsp3) is 0.200. The van der Waals surface area contributed by atoms with Crippen molar-refractivity contribution in [3.8, 4) is 0 Å². The van der Waals surface area contributed by atoms with Gasteiger partial charge in [0, 0.05) is 9.99 Å². The Balaban J connectivity index is 2.18. The van der Waals surface area contributed by atoms with Gasteiger partial charge < -0.3 is 5.11 Å². The molecule has 1 nitrogen and oxygen atoms in total. The fourth-order valence-corrected chi connectivity index (χ4v) is 2.50. The van der Waals surface area contributed by atoms with Gasteiger partial charge in [0.2, 0.25) is 0 Å². The van der Waals surface area contributed by atoms with Gasteiger partial charge in [-0.25, -0.2) is 0 Å². The van der Waals surface area contributed by atoms with Crippen molar-refractivity contribution in [2.75, 3.05) is 0 Å². The van der Waals surface area contributed by atoms with E-state index in [0.29, 0.717) is 11.1 Å². The van der Waals surface area contributed by atoms with E-state index >= 15 is 0 Å². The van der Waals surface area contributed by atoms with Crippen molar-refractivity contribution >= 4 is 22.6 Å². The second-order valence-corrected chi connectivity index (χ2v) is 5.72. The molecule has 0 aromatic heterocycles. The van der Waals surface area contributed by atoms with Crippen molar-refractivity contribution in [2.45, 2.75) is 18.7 Å². The number of alkyl halides is 3. The number of rotatable bonds is 3. The van der Waals surface area contributed by atoms with Crippen LogP contribution in [0.3, 0.4) is 0 Å². The highest BCUT2D eigenvalue weighted by atomic mass is 127. The molecule has 1 N–H and O–H groups in total. The highest BCUT2D eigenvalue weighted by Crippen LogP contribution is 2.30. The normalized spacial score (nSPS) is 13.2. The maximum Gasteiger partial charge on any atom is 0.416 e. The molecule has 20 heavy (non-hydrogen) atoms. The Hall–Kier alpha value is -1.08. The van der Waals surface area contributed by atoms with Crippen LogP contribution < -0.4 is 0 Å². The molecule has 0 aliphatic heterocycles. The maximum absolute atomic E-state index is 12.6. The van der Waals surface area contributed by atoms with Crippen LogP contribution in [0.2, 0.25) is 0 Å². The van der Waals surface area contributed by atoms with Gasteiger partial charge in [-0.2, -0.15) is 13.2 Å². The van der Waals surface area contributed by atoms with Crippen LogP contribution in [-0.4, -0.2) is 5.11 Å². The minimum absolute atomic E-state index is 0.157. The van der Waals surface area contributed by atoms with Crippen LogP contribution in [0.4, 0.5) is 13.2 Å². The smallest absolute Gasteiger partial charge is 0.388 e. The maximum atomic E-state index is 12.6. The standard InChI is InChI=1S/C15H12F3IO/c16-15(17,18)12-5-1-3-10(7-12)8-14(20)11-4-2-6-13(19)9-11/h1-7,9,14,20H,8H2. The molecule has 0 bridgehead atoms. The highest BCUT2D eigenvalue weighted by molar-refractivity contribution is 14.1. The Morgan fingerprint density at radius 1 is 1.05 bits per heavy atom. The second-order valence-electron chi connectivity index (χ2n) is 4.47. The van der Waals surface area contributed by atoms with E-state index in [9.17, 15) is 18.3 Å². The molecule has 2 aromatic rings. The summed E-state index contributed by atoms with van der Waals surface area (Å²) in [5.41, 5.74) is 0.477. The van der Waals surface area contributed by atoms with E-state index in [4.69, 9.17) is 0 Å². The molecule has 0 heterocycles. The summed E-state index contributed by atoms with van der Waals surface area (Å²) in [6, 6.07) is 12.3. The lowest BCUT2D eigenvalue weighted by Gasteiger charge is -2.13. The van der Waals surface area contributed by atoms with Crippen molar-refractivity contribution in [1.82, 2.24) is 0 Å². The second kappa shape index (κ2) is 6.13. The number of aliphatic hydroxyl groups is 1. The summed E-state index contributed by atoms with van der Waals surface area (Å²) in [4.78, 5) is 0. The average molecular weight is 392 g/mol. The minimum atomic E-state index is -4.36. The third-order valence-electron chi connectivity index (χ3n) is 2.92. The molecule has 1 unspecified atom stereocenters. The fourth-order valence-electron chi connectivity index (χ4n) is 1.93. The lowest BCUT2D eigenvalue weighted by atomic mass is 10.00. The quantitative estimate of drug-likeness (QED) is 0.758. The minimum Gasteiger partial charge on any atom is -0.388 e. The number of halogens is 4. The largest absolute Gasteiger partial charge is 0.416 e. The molecular weight excluding hydrogens is 380 g/mol. The Bertz CT molecular complexity index is 596. The first kappa shape index (κ1) is 15.3. The van der Waals surface area contributed by atoms with Crippen LogP contribution in [0, 0.1) is 3.57 Å². The third kappa shape index (κ3) is 3.96. The van der Waals surface area contributed by atoms with Crippen LogP contribution >= 0.6 is 22.6 Å². The van der Waals surface area contributed by atoms with Crippen molar-refractivity contribution < 1.29 is 18.3 Å². The van der Waals surface area contributed by atoms with Crippen LogP contribution in [0.15, 0.2) is 48.5 Å². The third-order valence-corrected chi connectivity index (χ3v) is 3.59. The summed E-state index contributed by atoms with van der Waals surface area (Å²) in [6.45, 7) is 0. The SMILES string of the molecule is OC(Cc1cccc(C(F)(F)F)c1)c1cccc(I)c1. The first-order valence-corrected chi connectivity index (χ1v) is 7.04. The van der Waals surface area contributed by atoms with E-state index in [-0.39, 0.29) is 6.42 Å². The van der Waals surface area contributed by atoms with Crippen molar-refractivity contribution in [1.29, 1.82) is 0 Å². The molecule has 0 radical (unpaired) electrons. The van der Waals surface area contributed by atoms with Gasteiger partial charge >= 0.3 is 6.18 Å². The lowest BCUT2D eigenvalue weighted by Crippen LogP contribution is -2.07. The van der Waals surface area contributed by atoms with E-state index in [1.54, 1.807) is 12.1 Å². The number of aliphatic hydroxyl groups excluding tert-OH is 1. The molecule has 1 atom stereocenters.